The Labute approximate surface area is 98.1 Å². The van der Waals surface area contributed by atoms with Crippen molar-refractivity contribution in [3.8, 4) is 0 Å². The molecule has 2 N–H and O–H groups in total. The number of aromatic nitrogens is 1. The van der Waals surface area contributed by atoms with Gasteiger partial charge in [0.2, 0.25) is 0 Å². The van der Waals surface area contributed by atoms with Crippen molar-refractivity contribution in [2.45, 2.75) is 18.4 Å². The van der Waals surface area contributed by atoms with Gasteiger partial charge in [-0.2, -0.15) is 0 Å². The summed E-state index contributed by atoms with van der Waals surface area (Å²) < 4.78 is 1.47. The molecule has 3 heterocycles. The van der Waals surface area contributed by atoms with Crippen molar-refractivity contribution < 1.29 is 9.90 Å². The highest BCUT2D eigenvalue weighted by Crippen LogP contribution is 2.38. The molecule has 2 bridgehead atoms. The monoisotopic (exact) mass is 234 g/mol. The van der Waals surface area contributed by atoms with Gasteiger partial charge in [0.1, 0.15) is 6.04 Å². The number of carboxylic acids is 1. The summed E-state index contributed by atoms with van der Waals surface area (Å²) in [5.74, 6) is -0.635. The van der Waals surface area contributed by atoms with Crippen LogP contribution in [-0.2, 0) is 4.79 Å². The normalized spacial score (nSPS) is 30.7. The van der Waals surface area contributed by atoms with Crippen molar-refractivity contribution in [2.75, 3.05) is 13.1 Å². The van der Waals surface area contributed by atoms with E-state index in [0.29, 0.717) is 6.54 Å². The number of fused-ring (bicyclic) bond motifs is 4. The van der Waals surface area contributed by atoms with Crippen LogP contribution in [0.3, 0.4) is 0 Å². The topological polar surface area (TPSA) is 71.3 Å². The molecule has 1 aromatic rings. The van der Waals surface area contributed by atoms with Crippen molar-refractivity contribution in [3.05, 3.63) is 34.2 Å². The quantitative estimate of drug-likeness (QED) is 0.727. The molecule has 0 aromatic carbocycles. The van der Waals surface area contributed by atoms with Crippen molar-refractivity contribution in [2.24, 2.45) is 5.92 Å². The molecule has 0 unspecified atom stereocenters. The predicted molar refractivity (Wildman–Crippen MR) is 61.1 cm³/mol. The first-order valence-corrected chi connectivity index (χ1v) is 5.83. The van der Waals surface area contributed by atoms with Crippen molar-refractivity contribution >= 4 is 5.97 Å². The van der Waals surface area contributed by atoms with E-state index in [9.17, 15) is 14.7 Å². The first-order chi connectivity index (χ1) is 8.18. The van der Waals surface area contributed by atoms with Crippen LogP contribution in [-0.4, -0.2) is 28.7 Å². The molecule has 3 rings (SSSR count). The lowest BCUT2D eigenvalue weighted by atomic mass is 9.79. The number of piperidine rings is 1. The Morgan fingerprint density at radius 2 is 2.24 bits per heavy atom. The summed E-state index contributed by atoms with van der Waals surface area (Å²) in [5.41, 5.74) is 0.653. The lowest BCUT2D eigenvalue weighted by Gasteiger charge is -2.41. The molecule has 0 spiro atoms. The van der Waals surface area contributed by atoms with Crippen molar-refractivity contribution in [3.63, 3.8) is 0 Å². The highest BCUT2D eigenvalue weighted by Gasteiger charge is 2.41. The van der Waals surface area contributed by atoms with E-state index < -0.39 is 12.0 Å². The molecule has 5 nitrogen and oxygen atoms in total. The molecule has 1 aromatic heterocycles. The first kappa shape index (κ1) is 10.5. The smallest absolute Gasteiger partial charge is 0.327 e. The molecule has 0 amide bonds. The van der Waals surface area contributed by atoms with Crippen LogP contribution >= 0.6 is 0 Å². The molecule has 3 atom stereocenters. The molecule has 0 saturated carbocycles. The number of hydrogen-bond donors (Lipinski definition) is 2. The Bertz CT molecular complexity index is 523. The molecule has 1 fully saturated rings. The summed E-state index contributed by atoms with van der Waals surface area (Å²) in [5, 5.41) is 12.6. The summed E-state index contributed by atoms with van der Waals surface area (Å²) in [6, 6.07) is 4.30. The standard InChI is InChI=1S/C12H14N2O3/c15-10-3-1-2-9-7-4-8(6-13-5-7)11(12(16)17)14(9)10/h1-3,7-8,11,13H,4-6H2,(H,16,17)/t7-,8+,11-/m1/s1. The van der Waals surface area contributed by atoms with Crippen molar-refractivity contribution in [1.29, 1.82) is 0 Å². The minimum absolute atomic E-state index is 0.0128. The Kier molecular flexibility index (Phi) is 2.29. The molecule has 2 aliphatic rings. The van der Waals surface area contributed by atoms with Gasteiger partial charge in [0.05, 0.1) is 0 Å². The van der Waals surface area contributed by atoms with Gasteiger partial charge in [-0.05, 0) is 12.5 Å². The summed E-state index contributed by atoms with van der Waals surface area (Å²) >= 11 is 0. The fraction of sp³-hybridized carbons (Fsp3) is 0.500. The fourth-order valence-corrected chi connectivity index (χ4v) is 3.11. The number of carboxylic acid groups (broad SMARTS) is 1. The van der Waals surface area contributed by atoms with Crippen LogP contribution < -0.4 is 10.9 Å². The van der Waals surface area contributed by atoms with Crippen LogP contribution in [0, 0.1) is 5.92 Å². The third-order valence-electron chi connectivity index (χ3n) is 3.80. The first-order valence-electron chi connectivity index (χ1n) is 5.83. The molecular weight excluding hydrogens is 220 g/mol. The van der Waals surface area contributed by atoms with Gasteiger partial charge in [0.25, 0.3) is 5.56 Å². The van der Waals surface area contributed by atoms with Crippen LogP contribution in [0.1, 0.15) is 24.1 Å². The van der Waals surface area contributed by atoms with Gasteiger partial charge in [-0.1, -0.05) is 6.07 Å². The van der Waals surface area contributed by atoms with Gasteiger partial charge < -0.3 is 10.4 Å². The molecule has 0 radical (unpaired) electrons. The molecule has 2 aliphatic heterocycles. The number of nitrogens with one attached hydrogen (secondary N) is 1. The minimum atomic E-state index is -0.910. The van der Waals surface area contributed by atoms with Crippen LogP contribution in [0.25, 0.3) is 0 Å². The Hall–Kier alpha value is -1.62. The minimum Gasteiger partial charge on any atom is -0.480 e. The van der Waals surface area contributed by atoms with Crippen molar-refractivity contribution in [1.82, 2.24) is 9.88 Å². The number of pyridine rings is 1. The maximum absolute atomic E-state index is 11.9. The van der Waals surface area contributed by atoms with E-state index >= 15 is 0 Å². The Morgan fingerprint density at radius 3 is 3.00 bits per heavy atom. The zero-order chi connectivity index (χ0) is 12.0. The molecule has 90 valence electrons. The second-order valence-electron chi connectivity index (χ2n) is 4.79. The fourth-order valence-electron chi connectivity index (χ4n) is 3.11. The lowest BCUT2D eigenvalue weighted by molar-refractivity contribution is -0.143. The molecule has 1 saturated heterocycles. The van der Waals surface area contributed by atoms with E-state index in [1.807, 2.05) is 6.07 Å². The van der Waals surface area contributed by atoms with E-state index in [2.05, 4.69) is 5.32 Å². The molecule has 5 heteroatoms. The van der Waals surface area contributed by atoms with E-state index in [1.165, 1.54) is 10.6 Å². The average Bonchev–Trinajstić information content (AvgIpc) is 2.31. The van der Waals surface area contributed by atoms with E-state index in [1.54, 1.807) is 6.07 Å². The number of nitrogens with zero attached hydrogens (tertiary/aromatic N) is 1. The average molecular weight is 234 g/mol. The summed E-state index contributed by atoms with van der Waals surface area (Å²) in [6.45, 7) is 1.50. The molecule has 17 heavy (non-hydrogen) atoms. The summed E-state index contributed by atoms with van der Waals surface area (Å²) in [7, 11) is 0. The highest BCUT2D eigenvalue weighted by molar-refractivity contribution is 5.73. The van der Waals surface area contributed by atoms with Crippen LogP contribution in [0.2, 0.25) is 0 Å². The third kappa shape index (κ3) is 1.50. The molecule has 0 aliphatic carbocycles. The second kappa shape index (κ2) is 3.70. The van der Waals surface area contributed by atoms with Gasteiger partial charge in [0, 0.05) is 36.7 Å². The van der Waals surface area contributed by atoms with E-state index in [0.717, 1.165) is 18.7 Å². The maximum Gasteiger partial charge on any atom is 0.327 e. The largest absolute Gasteiger partial charge is 0.480 e. The summed E-state index contributed by atoms with van der Waals surface area (Å²) in [4.78, 5) is 23.3. The number of hydrogen-bond acceptors (Lipinski definition) is 3. The molecular formula is C12H14N2O3. The van der Waals surface area contributed by atoms with Gasteiger partial charge >= 0.3 is 5.97 Å². The van der Waals surface area contributed by atoms with Crippen LogP contribution in [0.5, 0.6) is 0 Å². The third-order valence-corrected chi connectivity index (χ3v) is 3.80. The Morgan fingerprint density at radius 1 is 1.41 bits per heavy atom. The summed E-state index contributed by atoms with van der Waals surface area (Å²) in [6.07, 6.45) is 0.855. The zero-order valence-electron chi connectivity index (χ0n) is 9.30. The SMILES string of the molecule is O=C(O)[C@H]1[C@@H]2CNC[C@@H](C2)c2cccc(=O)n21. The maximum atomic E-state index is 11.9. The van der Waals surface area contributed by atoms with Gasteiger partial charge in [-0.15, -0.1) is 0 Å². The van der Waals surface area contributed by atoms with Gasteiger partial charge in [-0.3, -0.25) is 9.36 Å². The van der Waals surface area contributed by atoms with Crippen LogP contribution in [0.15, 0.2) is 23.0 Å². The highest BCUT2D eigenvalue weighted by atomic mass is 16.4. The van der Waals surface area contributed by atoms with E-state index in [-0.39, 0.29) is 17.4 Å². The number of aliphatic carboxylic acids is 1. The predicted octanol–water partition coefficient (Wildman–Crippen LogP) is 0.181. The Balaban J connectivity index is 2.22. The number of carbonyl (C=O) groups is 1. The zero-order valence-corrected chi connectivity index (χ0v) is 9.30. The second-order valence-corrected chi connectivity index (χ2v) is 4.79. The van der Waals surface area contributed by atoms with E-state index in [4.69, 9.17) is 0 Å². The van der Waals surface area contributed by atoms with Gasteiger partial charge in [-0.25, -0.2) is 4.79 Å². The number of rotatable bonds is 1. The van der Waals surface area contributed by atoms with Crippen LogP contribution in [0.4, 0.5) is 0 Å². The van der Waals surface area contributed by atoms with Gasteiger partial charge in [0.15, 0.2) is 0 Å². The lowest BCUT2D eigenvalue weighted by Crippen LogP contribution is -2.49.